The molecule has 1 aromatic carbocycles. The van der Waals surface area contributed by atoms with Crippen molar-refractivity contribution in [3.8, 4) is 5.69 Å². The van der Waals surface area contributed by atoms with Crippen molar-refractivity contribution in [3.63, 3.8) is 0 Å². The summed E-state index contributed by atoms with van der Waals surface area (Å²) in [4.78, 5) is 9.80. The molecule has 0 N–H and O–H groups in total. The van der Waals surface area contributed by atoms with Crippen molar-refractivity contribution in [1.29, 1.82) is 0 Å². The predicted molar refractivity (Wildman–Crippen MR) is 62.7 cm³/mol. The molecular weight excluding hydrogens is 310 g/mol. The number of halogens is 4. The fourth-order valence-corrected chi connectivity index (χ4v) is 2.14. The quantitative estimate of drug-likeness (QED) is 0.493. The van der Waals surface area contributed by atoms with Gasteiger partial charge < -0.3 is 0 Å². The molecule has 1 saturated carbocycles. The summed E-state index contributed by atoms with van der Waals surface area (Å²) in [7, 11) is 0. The van der Waals surface area contributed by atoms with Crippen molar-refractivity contribution in [3.05, 3.63) is 39.5 Å². The topological polar surface area (TPSA) is 86.7 Å². The van der Waals surface area contributed by atoms with Crippen LogP contribution in [0.15, 0.2) is 12.1 Å². The van der Waals surface area contributed by atoms with E-state index in [0.29, 0.717) is 17.5 Å². The van der Waals surface area contributed by atoms with Crippen LogP contribution in [0.3, 0.4) is 0 Å². The molecule has 0 bridgehead atoms. The van der Waals surface area contributed by atoms with Crippen LogP contribution in [0.4, 0.5) is 23.2 Å². The Bertz CT molecular complexity index is 753. The molecule has 11 heteroatoms. The summed E-state index contributed by atoms with van der Waals surface area (Å²) in [6.07, 6.45) is -3.52. The largest absolute Gasteiger partial charge is 0.453 e. The zero-order valence-electron chi connectivity index (χ0n) is 10.7. The fraction of sp³-hybridized carbons (Fsp3) is 0.364. The summed E-state index contributed by atoms with van der Waals surface area (Å²) in [5, 5.41) is 19.9. The van der Waals surface area contributed by atoms with E-state index in [0.717, 1.165) is 12.1 Å². The number of rotatable bonds is 3. The van der Waals surface area contributed by atoms with Gasteiger partial charge in [-0.05, 0) is 40.8 Å². The SMILES string of the molecule is O=[N+]([O-])c1cc(-n2nnnc2C(F)(F)F)c(C2CC2)cc1F. The summed E-state index contributed by atoms with van der Waals surface area (Å²) in [6.45, 7) is 0. The van der Waals surface area contributed by atoms with Crippen LogP contribution in [0.1, 0.15) is 30.1 Å². The molecule has 22 heavy (non-hydrogen) atoms. The van der Waals surface area contributed by atoms with Crippen LogP contribution in [0.2, 0.25) is 0 Å². The van der Waals surface area contributed by atoms with E-state index in [9.17, 15) is 27.7 Å². The normalized spacial score (nSPS) is 15.1. The van der Waals surface area contributed by atoms with Gasteiger partial charge in [0.15, 0.2) is 0 Å². The third-order valence-electron chi connectivity index (χ3n) is 3.26. The Hall–Kier alpha value is -2.59. The lowest BCUT2D eigenvalue weighted by molar-refractivity contribution is -0.387. The lowest BCUT2D eigenvalue weighted by atomic mass is 10.1. The molecule has 0 atom stereocenters. The molecule has 7 nitrogen and oxygen atoms in total. The highest BCUT2D eigenvalue weighted by atomic mass is 19.4. The third-order valence-corrected chi connectivity index (χ3v) is 3.26. The second-order valence-electron chi connectivity index (χ2n) is 4.81. The Morgan fingerprint density at radius 1 is 1.32 bits per heavy atom. The number of nitro groups is 1. The Kier molecular flexibility index (Phi) is 3.07. The van der Waals surface area contributed by atoms with Gasteiger partial charge in [0.1, 0.15) is 0 Å². The maximum atomic E-state index is 13.7. The summed E-state index contributed by atoms with van der Waals surface area (Å²) < 4.78 is 52.7. The van der Waals surface area contributed by atoms with Crippen molar-refractivity contribution in [2.24, 2.45) is 0 Å². The fourth-order valence-electron chi connectivity index (χ4n) is 2.14. The number of alkyl halides is 3. The van der Waals surface area contributed by atoms with E-state index < -0.39 is 28.4 Å². The number of hydrogen-bond acceptors (Lipinski definition) is 5. The highest BCUT2D eigenvalue weighted by Crippen LogP contribution is 2.44. The lowest BCUT2D eigenvalue weighted by Gasteiger charge is -2.11. The van der Waals surface area contributed by atoms with Crippen LogP contribution < -0.4 is 0 Å². The van der Waals surface area contributed by atoms with Crippen LogP contribution >= 0.6 is 0 Å². The minimum absolute atomic E-state index is 0.157. The van der Waals surface area contributed by atoms with E-state index in [2.05, 4.69) is 15.5 Å². The average Bonchev–Trinajstić information content (AvgIpc) is 3.13. The van der Waals surface area contributed by atoms with E-state index in [1.54, 1.807) is 0 Å². The molecule has 0 aliphatic heterocycles. The average molecular weight is 317 g/mol. The van der Waals surface area contributed by atoms with Gasteiger partial charge in [0.05, 0.1) is 10.6 Å². The Balaban J connectivity index is 2.23. The maximum absolute atomic E-state index is 13.7. The Labute approximate surface area is 119 Å². The van der Waals surface area contributed by atoms with Crippen molar-refractivity contribution < 1.29 is 22.5 Å². The van der Waals surface area contributed by atoms with Gasteiger partial charge in [-0.1, -0.05) is 0 Å². The van der Waals surface area contributed by atoms with Crippen LogP contribution in [0, 0.1) is 15.9 Å². The molecular formula is C11H7F4N5O2. The molecule has 116 valence electrons. The van der Waals surface area contributed by atoms with Crippen LogP contribution in [-0.4, -0.2) is 25.1 Å². The summed E-state index contributed by atoms with van der Waals surface area (Å²) in [5.74, 6) is -2.68. The van der Waals surface area contributed by atoms with Crippen LogP contribution in [-0.2, 0) is 6.18 Å². The molecule has 1 heterocycles. The lowest BCUT2D eigenvalue weighted by Crippen LogP contribution is -2.16. The van der Waals surface area contributed by atoms with Gasteiger partial charge in [-0.3, -0.25) is 10.1 Å². The first kappa shape index (κ1) is 14.4. The smallest absolute Gasteiger partial charge is 0.258 e. The standard InChI is InChI=1S/C11H7F4N5O2/c12-7-3-6(5-1-2-5)8(4-9(7)20(21)22)19-10(11(13,14)15)16-17-18-19/h3-5H,1-2H2. The van der Waals surface area contributed by atoms with E-state index >= 15 is 0 Å². The molecule has 0 saturated heterocycles. The van der Waals surface area contributed by atoms with Crippen molar-refractivity contribution >= 4 is 5.69 Å². The molecule has 0 amide bonds. The van der Waals surface area contributed by atoms with E-state index in [4.69, 9.17) is 0 Å². The molecule has 1 fully saturated rings. The molecule has 2 aromatic rings. The van der Waals surface area contributed by atoms with Gasteiger partial charge in [-0.15, -0.1) is 5.10 Å². The first-order valence-electron chi connectivity index (χ1n) is 6.13. The highest BCUT2D eigenvalue weighted by molar-refractivity contribution is 5.52. The minimum Gasteiger partial charge on any atom is -0.258 e. The minimum atomic E-state index is -4.84. The number of hydrogen-bond donors (Lipinski definition) is 0. The van der Waals surface area contributed by atoms with Crippen LogP contribution in [0.5, 0.6) is 0 Å². The van der Waals surface area contributed by atoms with Gasteiger partial charge >= 0.3 is 11.9 Å². The zero-order valence-corrected chi connectivity index (χ0v) is 10.7. The molecule has 0 unspecified atom stereocenters. The number of aromatic nitrogens is 4. The van der Waals surface area contributed by atoms with Crippen molar-refractivity contribution in [2.45, 2.75) is 24.9 Å². The van der Waals surface area contributed by atoms with Crippen molar-refractivity contribution in [2.75, 3.05) is 0 Å². The summed E-state index contributed by atoms with van der Waals surface area (Å²) in [5.41, 5.74) is -0.933. The molecule has 0 radical (unpaired) electrons. The Morgan fingerprint density at radius 2 is 2.00 bits per heavy atom. The maximum Gasteiger partial charge on any atom is 0.453 e. The first-order valence-corrected chi connectivity index (χ1v) is 6.13. The van der Waals surface area contributed by atoms with Gasteiger partial charge in [-0.25, -0.2) is 0 Å². The van der Waals surface area contributed by atoms with Crippen LogP contribution in [0.25, 0.3) is 5.69 Å². The predicted octanol–water partition coefficient (Wildman–Crippen LogP) is 2.61. The number of benzene rings is 1. The van der Waals surface area contributed by atoms with Gasteiger partial charge in [0.25, 0.3) is 5.82 Å². The molecule has 1 aliphatic carbocycles. The van der Waals surface area contributed by atoms with E-state index in [-0.39, 0.29) is 17.2 Å². The van der Waals surface area contributed by atoms with Gasteiger partial charge in [0, 0.05) is 6.07 Å². The summed E-state index contributed by atoms with van der Waals surface area (Å²) >= 11 is 0. The molecule has 0 spiro atoms. The van der Waals surface area contributed by atoms with E-state index in [1.165, 1.54) is 0 Å². The number of nitro benzene ring substituents is 1. The van der Waals surface area contributed by atoms with E-state index in [1.807, 2.05) is 0 Å². The zero-order chi connectivity index (χ0) is 16.1. The molecule has 1 aromatic heterocycles. The second kappa shape index (κ2) is 4.71. The highest BCUT2D eigenvalue weighted by Gasteiger charge is 2.40. The second-order valence-corrected chi connectivity index (χ2v) is 4.81. The number of nitrogens with zero attached hydrogens (tertiary/aromatic N) is 5. The first-order chi connectivity index (χ1) is 10.3. The summed E-state index contributed by atoms with van der Waals surface area (Å²) in [6, 6.07) is 1.61. The molecule has 1 aliphatic rings. The monoisotopic (exact) mass is 317 g/mol. The van der Waals surface area contributed by atoms with Gasteiger partial charge in [-0.2, -0.15) is 22.2 Å². The van der Waals surface area contributed by atoms with Gasteiger partial charge in [0.2, 0.25) is 5.82 Å². The molecule has 3 rings (SSSR count). The third kappa shape index (κ3) is 2.38. The van der Waals surface area contributed by atoms with Crippen molar-refractivity contribution in [1.82, 2.24) is 20.2 Å². The Morgan fingerprint density at radius 3 is 2.55 bits per heavy atom. The number of tetrazole rings is 1.